The lowest BCUT2D eigenvalue weighted by atomic mass is 10.0. The van der Waals surface area contributed by atoms with Crippen LogP contribution in [0.2, 0.25) is 0 Å². The normalized spacial score (nSPS) is 18.4. The minimum atomic E-state index is -0.462. The second-order valence-electron chi connectivity index (χ2n) is 7.33. The first-order valence-electron chi connectivity index (χ1n) is 9.87. The van der Waals surface area contributed by atoms with Crippen LogP contribution in [0.3, 0.4) is 0 Å². The maximum absolute atomic E-state index is 13.6. The highest BCUT2D eigenvalue weighted by atomic mass is 79.9. The fourth-order valence-corrected chi connectivity index (χ4v) is 4.65. The van der Waals surface area contributed by atoms with Gasteiger partial charge in [-0.25, -0.2) is 0 Å². The third-order valence-corrected chi connectivity index (χ3v) is 6.08. The smallest absolute Gasteiger partial charge is 0.262 e. The van der Waals surface area contributed by atoms with Crippen LogP contribution in [0.4, 0.5) is 11.4 Å². The standard InChI is InChI=1S/C23H17BrN2O5/c24-16-9-13(10-20-21(16)31-12-30-20)22-25-17-4-2-1-3-15(17)23(27)26(22)14-5-6-18-19(11-14)29-8-7-28-18/h1-6,9-11,22,25H,7-8,12H2. The van der Waals surface area contributed by atoms with Crippen molar-refractivity contribution in [1.82, 2.24) is 0 Å². The first-order valence-corrected chi connectivity index (χ1v) is 10.7. The molecule has 1 N–H and O–H groups in total. The molecule has 0 fully saturated rings. The Morgan fingerprint density at radius 2 is 1.74 bits per heavy atom. The number of nitrogens with one attached hydrogen (secondary N) is 1. The number of amides is 1. The fourth-order valence-electron chi connectivity index (χ4n) is 4.08. The Balaban J connectivity index is 1.50. The molecule has 8 heteroatoms. The topological polar surface area (TPSA) is 69.3 Å². The third-order valence-electron chi connectivity index (χ3n) is 5.50. The molecule has 0 spiro atoms. The first-order chi connectivity index (χ1) is 15.2. The Bertz CT molecular complexity index is 1210. The van der Waals surface area contributed by atoms with Gasteiger partial charge in [0.2, 0.25) is 6.79 Å². The second-order valence-corrected chi connectivity index (χ2v) is 8.19. The van der Waals surface area contributed by atoms with Crippen LogP contribution in [-0.2, 0) is 0 Å². The van der Waals surface area contributed by atoms with Gasteiger partial charge in [0, 0.05) is 17.3 Å². The monoisotopic (exact) mass is 480 g/mol. The number of anilines is 2. The zero-order valence-electron chi connectivity index (χ0n) is 16.3. The molecule has 31 heavy (non-hydrogen) atoms. The van der Waals surface area contributed by atoms with Crippen LogP contribution >= 0.6 is 15.9 Å². The Morgan fingerprint density at radius 1 is 0.903 bits per heavy atom. The van der Waals surface area contributed by atoms with Crippen LogP contribution < -0.4 is 29.2 Å². The van der Waals surface area contributed by atoms with Crippen LogP contribution in [0.5, 0.6) is 23.0 Å². The average molecular weight is 481 g/mol. The number of fused-ring (bicyclic) bond motifs is 3. The summed E-state index contributed by atoms with van der Waals surface area (Å²) in [7, 11) is 0. The van der Waals surface area contributed by atoms with Crippen molar-refractivity contribution in [2.75, 3.05) is 30.2 Å². The predicted octanol–water partition coefficient (Wildman–Crippen LogP) is 4.72. The predicted molar refractivity (Wildman–Crippen MR) is 117 cm³/mol. The molecule has 3 aliphatic heterocycles. The van der Waals surface area contributed by atoms with Crippen molar-refractivity contribution in [2.24, 2.45) is 0 Å². The maximum Gasteiger partial charge on any atom is 0.262 e. The molecule has 6 rings (SSSR count). The molecule has 156 valence electrons. The van der Waals surface area contributed by atoms with Gasteiger partial charge in [-0.3, -0.25) is 9.69 Å². The molecule has 1 amide bonds. The summed E-state index contributed by atoms with van der Waals surface area (Å²) in [6, 6.07) is 16.9. The molecule has 0 saturated carbocycles. The van der Waals surface area contributed by atoms with E-state index in [1.54, 1.807) is 4.90 Å². The van der Waals surface area contributed by atoms with Gasteiger partial charge in [-0.2, -0.15) is 0 Å². The number of carbonyl (C=O) groups is 1. The van der Waals surface area contributed by atoms with E-state index >= 15 is 0 Å². The van der Waals surface area contributed by atoms with Crippen molar-refractivity contribution in [1.29, 1.82) is 0 Å². The fraction of sp³-hybridized carbons (Fsp3) is 0.174. The minimum absolute atomic E-state index is 0.107. The lowest BCUT2D eigenvalue weighted by Gasteiger charge is -2.38. The molecule has 3 aromatic carbocycles. The van der Waals surface area contributed by atoms with Gasteiger partial charge < -0.3 is 24.3 Å². The lowest BCUT2D eigenvalue weighted by Crippen LogP contribution is -2.43. The molecule has 7 nitrogen and oxygen atoms in total. The second kappa shape index (κ2) is 7.09. The molecule has 0 saturated heterocycles. The minimum Gasteiger partial charge on any atom is -0.486 e. The van der Waals surface area contributed by atoms with E-state index < -0.39 is 6.17 Å². The first kappa shape index (κ1) is 18.4. The van der Waals surface area contributed by atoms with Crippen molar-refractivity contribution in [3.05, 3.63) is 70.2 Å². The maximum atomic E-state index is 13.6. The van der Waals surface area contributed by atoms with Gasteiger partial charge in [0.1, 0.15) is 19.4 Å². The van der Waals surface area contributed by atoms with Crippen molar-refractivity contribution >= 4 is 33.2 Å². The number of hydrogen-bond donors (Lipinski definition) is 1. The molecule has 1 unspecified atom stereocenters. The van der Waals surface area contributed by atoms with Gasteiger partial charge in [0.25, 0.3) is 5.91 Å². The molecule has 0 radical (unpaired) electrons. The van der Waals surface area contributed by atoms with Crippen molar-refractivity contribution in [3.63, 3.8) is 0 Å². The summed E-state index contributed by atoms with van der Waals surface area (Å²) in [6.45, 7) is 1.16. The largest absolute Gasteiger partial charge is 0.486 e. The van der Waals surface area contributed by atoms with Crippen LogP contribution in [0, 0.1) is 0 Å². The summed E-state index contributed by atoms with van der Waals surface area (Å²) >= 11 is 3.56. The van der Waals surface area contributed by atoms with Crippen LogP contribution in [0.25, 0.3) is 0 Å². The van der Waals surface area contributed by atoms with Crippen LogP contribution in [0.15, 0.2) is 59.1 Å². The molecular weight excluding hydrogens is 464 g/mol. The zero-order valence-corrected chi connectivity index (χ0v) is 17.8. The molecule has 3 aliphatic rings. The van der Waals surface area contributed by atoms with Gasteiger partial charge in [0.15, 0.2) is 23.0 Å². The van der Waals surface area contributed by atoms with Gasteiger partial charge >= 0.3 is 0 Å². The van der Waals surface area contributed by atoms with Crippen molar-refractivity contribution < 1.29 is 23.7 Å². The van der Waals surface area contributed by atoms with Gasteiger partial charge in [0.05, 0.1) is 15.7 Å². The molecule has 1 atom stereocenters. The number of para-hydroxylation sites is 1. The summed E-state index contributed by atoms with van der Waals surface area (Å²) in [6.07, 6.45) is -0.462. The van der Waals surface area contributed by atoms with Gasteiger partial charge in [-0.15, -0.1) is 0 Å². The summed E-state index contributed by atoms with van der Waals surface area (Å²) in [5, 5.41) is 3.51. The van der Waals surface area contributed by atoms with Gasteiger partial charge in [-0.1, -0.05) is 12.1 Å². The van der Waals surface area contributed by atoms with Crippen LogP contribution in [0.1, 0.15) is 22.1 Å². The van der Waals surface area contributed by atoms with Crippen LogP contribution in [-0.4, -0.2) is 25.9 Å². The van der Waals surface area contributed by atoms with E-state index in [-0.39, 0.29) is 12.7 Å². The SMILES string of the molecule is O=C1c2ccccc2NC(c2cc(Br)c3c(c2)OCO3)N1c1ccc2c(c1)OCCO2. The van der Waals surface area contributed by atoms with E-state index in [0.29, 0.717) is 47.5 Å². The van der Waals surface area contributed by atoms with Crippen molar-refractivity contribution in [2.45, 2.75) is 6.17 Å². The quantitative estimate of drug-likeness (QED) is 0.572. The molecule has 0 aromatic heterocycles. The number of ether oxygens (including phenoxy) is 4. The average Bonchev–Trinajstić information content (AvgIpc) is 3.28. The summed E-state index contributed by atoms with van der Waals surface area (Å²) in [5.41, 5.74) is 2.94. The number of halogens is 1. The highest BCUT2D eigenvalue weighted by Crippen LogP contribution is 2.45. The molecule has 3 aromatic rings. The molecule has 0 bridgehead atoms. The summed E-state index contributed by atoms with van der Waals surface area (Å²) in [4.78, 5) is 15.4. The number of carbonyl (C=O) groups excluding carboxylic acids is 1. The molecule has 0 aliphatic carbocycles. The number of benzene rings is 3. The summed E-state index contributed by atoms with van der Waals surface area (Å²) in [5.74, 6) is 2.50. The zero-order chi connectivity index (χ0) is 20.9. The number of nitrogens with zero attached hydrogens (tertiary/aromatic N) is 1. The van der Waals surface area contributed by atoms with Gasteiger partial charge in [-0.05, 0) is 52.3 Å². The Labute approximate surface area is 186 Å². The third kappa shape index (κ3) is 2.97. The molecular formula is C23H17BrN2O5. The number of hydrogen-bond acceptors (Lipinski definition) is 6. The highest BCUT2D eigenvalue weighted by Gasteiger charge is 2.36. The van der Waals surface area contributed by atoms with E-state index in [9.17, 15) is 4.79 Å². The van der Waals surface area contributed by atoms with E-state index in [0.717, 1.165) is 15.7 Å². The Hall–Kier alpha value is -3.39. The lowest BCUT2D eigenvalue weighted by molar-refractivity contribution is 0.0974. The Kier molecular flexibility index (Phi) is 4.21. The highest BCUT2D eigenvalue weighted by molar-refractivity contribution is 9.10. The Morgan fingerprint density at radius 3 is 2.65 bits per heavy atom. The van der Waals surface area contributed by atoms with Crippen molar-refractivity contribution in [3.8, 4) is 23.0 Å². The van der Waals surface area contributed by atoms with E-state index in [1.807, 2.05) is 54.6 Å². The van der Waals surface area contributed by atoms with E-state index in [1.165, 1.54) is 0 Å². The number of rotatable bonds is 2. The molecule has 3 heterocycles. The van der Waals surface area contributed by atoms with E-state index in [4.69, 9.17) is 18.9 Å². The summed E-state index contributed by atoms with van der Waals surface area (Å²) < 4.78 is 23.3. The van der Waals surface area contributed by atoms with E-state index in [2.05, 4.69) is 21.2 Å².